The standard InChI is InChI=1S/C6H4F2O4S2/c7-4-2-1-3-5(6(4)8)14(11,12)13(9)10/h1-3H,(H,9,10). The zero-order valence-electron chi connectivity index (χ0n) is 6.48. The number of benzene rings is 1. The van der Waals surface area contributed by atoms with E-state index in [1.54, 1.807) is 0 Å². The molecule has 1 rings (SSSR count). The van der Waals surface area contributed by atoms with E-state index in [9.17, 15) is 21.4 Å². The fraction of sp³-hybridized carbons (Fsp3) is 0. The fourth-order valence-electron chi connectivity index (χ4n) is 0.754. The molecule has 8 heteroatoms. The second-order valence-electron chi connectivity index (χ2n) is 2.22. The molecular formula is C6H4F2O4S2. The fourth-order valence-corrected chi connectivity index (χ4v) is 2.32. The molecule has 0 bridgehead atoms. The highest BCUT2D eigenvalue weighted by Gasteiger charge is 2.26. The minimum Gasteiger partial charge on any atom is -0.294 e. The first-order valence-electron chi connectivity index (χ1n) is 3.18. The lowest BCUT2D eigenvalue weighted by atomic mass is 10.3. The van der Waals surface area contributed by atoms with Gasteiger partial charge in [-0.15, -0.1) is 0 Å². The van der Waals surface area contributed by atoms with Crippen LogP contribution in [0.5, 0.6) is 0 Å². The van der Waals surface area contributed by atoms with Gasteiger partial charge in [0, 0.05) is 0 Å². The molecule has 1 N–H and O–H groups in total. The predicted octanol–water partition coefficient (Wildman–Crippen LogP) is 0.875. The Hall–Kier alpha value is -0.860. The zero-order valence-corrected chi connectivity index (χ0v) is 8.11. The van der Waals surface area contributed by atoms with Crippen LogP contribution in [0.3, 0.4) is 0 Å². The predicted molar refractivity (Wildman–Crippen MR) is 44.3 cm³/mol. The van der Waals surface area contributed by atoms with Crippen molar-refractivity contribution in [2.24, 2.45) is 0 Å². The van der Waals surface area contributed by atoms with Gasteiger partial charge in [-0.2, -0.15) is 0 Å². The summed E-state index contributed by atoms with van der Waals surface area (Å²) >= 11 is 0. The van der Waals surface area contributed by atoms with E-state index in [0.29, 0.717) is 12.1 Å². The van der Waals surface area contributed by atoms with Gasteiger partial charge in [0.25, 0.3) is 19.0 Å². The third-order valence-corrected chi connectivity index (χ3v) is 4.27. The van der Waals surface area contributed by atoms with E-state index in [4.69, 9.17) is 4.55 Å². The topological polar surface area (TPSA) is 71.4 Å². The molecule has 0 heterocycles. The van der Waals surface area contributed by atoms with Crippen LogP contribution in [-0.4, -0.2) is 17.2 Å². The summed E-state index contributed by atoms with van der Waals surface area (Å²) in [5.41, 5.74) is 0. The third-order valence-electron chi connectivity index (χ3n) is 1.37. The first-order valence-corrected chi connectivity index (χ1v) is 6.28. The zero-order chi connectivity index (χ0) is 10.9. The maximum atomic E-state index is 12.9. The largest absolute Gasteiger partial charge is 0.294 e. The lowest BCUT2D eigenvalue weighted by Gasteiger charge is -2.00. The summed E-state index contributed by atoms with van der Waals surface area (Å²) in [6.07, 6.45) is 0. The average molecular weight is 242 g/mol. The van der Waals surface area contributed by atoms with E-state index in [1.807, 2.05) is 0 Å². The van der Waals surface area contributed by atoms with Crippen LogP contribution in [0, 0.1) is 11.6 Å². The molecule has 1 aromatic carbocycles. The molecule has 1 aromatic rings. The Balaban J connectivity index is 3.49. The van der Waals surface area contributed by atoms with Gasteiger partial charge in [0.1, 0.15) is 4.90 Å². The van der Waals surface area contributed by atoms with Gasteiger partial charge in [-0.25, -0.2) is 21.4 Å². The van der Waals surface area contributed by atoms with Crippen LogP contribution in [-0.2, 0) is 19.0 Å². The molecule has 0 aliphatic carbocycles. The SMILES string of the molecule is O=S(O)S(=O)(=O)c1cccc(F)c1F. The first-order chi connectivity index (χ1) is 6.37. The summed E-state index contributed by atoms with van der Waals surface area (Å²) in [7, 11) is -8.00. The molecule has 0 fully saturated rings. The van der Waals surface area contributed by atoms with Gasteiger partial charge in [-0.05, 0) is 12.1 Å². The van der Waals surface area contributed by atoms with E-state index in [0.717, 1.165) is 6.07 Å². The Morgan fingerprint density at radius 2 is 1.86 bits per heavy atom. The molecule has 14 heavy (non-hydrogen) atoms. The third kappa shape index (κ3) is 1.81. The lowest BCUT2D eigenvalue weighted by molar-refractivity contribution is 0.485. The summed E-state index contributed by atoms with van der Waals surface area (Å²) < 4.78 is 66.0. The highest BCUT2D eigenvalue weighted by Crippen LogP contribution is 2.19. The van der Waals surface area contributed by atoms with Crippen LogP contribution < -0.4 is 0 Å². The average Bonchev–Trinajstić information content (AvgIpc) is 2.09. The van der Waals surface area contributed by atoms with Gasteiger partial charge in [-0.3, -0.25) is 4.55 Å². The van der Waals surface area contributed by atoms with Crippen LogP contribution >= 0.6 is 0 Å². The smallest absolute Gasteiger partial charge is 0.285 e. The van der Waals surface area contributed by atoms with Crippen LogP contribution in [0.4, 0.5) is 8.78 Å². The maximum absolute atomic E-state index is 12.9. The molecule has 0 radical (unpaired) electrons. The molecule has 1 atom stereocenters. The molecule has 0 saturated heterocycles. The molecule has 0 amide bonds. The van der Waals surface area contributed by atoms with Gasteiger partial charge in [-0.1, -0.05) is 6.07 Å². The van der Waals surface area contributed by atoms with E-state index < -0.39 is 35.5 Å². The van der Waals surface area contributed by atoms with Crippen molar-refractivity contribution in [3.8, 4) is 0 Å². The minimum absolute atomic E-state index is 0.703. The Morgan fingerprint density at radius 1 is 1.29 bits per heavy atom. The van der Waals surface area contributed by atoms with E-state index in [-0.39, 0.29) is 0 Å². The second-order valence-corrected chi connectivity index (χ2v) is 6.18. The number of rotatable bonds is 2. The first kappa shape index (κ1) is 11.2. The number of hydrogen-bond acceptors (Lipinski definition) is 3. The molecule has 0 aromatic heterocycles. The van der Waals surface area contributed by atoms with E-state index >= 15 is 0 Å². The highest BCUT2D eigenvalue weighted by molar-refractivity contribution is 8.62. The highest BCUT2D eigenvalue weighted by atomic mass is 33.2. The summed E-state index contributed by atoms with van der Waals surface area (Å²) in [5, 5.41) is 0. The van der Waals surface area contributed by atoms with Crippen LogP contribution in [0.25, 0.3) is 0 Å². The Morgan fingerprint density at radius 3 is 2.36 bits per heavy atom. The van der Waals surface area contributed by atoms with Crippen molar-refractivity contribution in [3.05, 3.63) is 29.8 Å². The van der Waals surface area contributed by atoms with Gasteiger partial charge in [0.15, 0.2) is 11.6 Å². The summed E-state index contributed by atoms with van der Waals surface area (Å²) in [6.45, 7) is 0. The van der Waals surface area contributed by atoms with Crippen LogP contribution in [0.2, 0.25) is 0 Å². The lowest BCUT2D eigenvalue weighted by Crippen LogP contribution is -2.10. The van der Waals surface area contributed by atoms with Gasteiger partial charge in [0.2, 0.25) is 0 Å². The van der Waals surface area contributed by atoms with E-state index in [2.05, 4.69) is 0 Å². The Kier molecular flexibility index (Phi) is 2.98. The van der Waals surface area contributed by atoms with Crippen LogP contribution in [0.15, 0.2) is 23.1 Å². The molecular weight excluding hydrogens is 238 g/mol. The monoisotopic (exact) mass is 242 g/mol. The quantitative estimate of drug-likeness (QED) is 0.617. The summed E-state index contributed by atoms with van der Waals surface area (Å²) in [6, 6.07) is 2.34. The van der Waals surface area contributed by atoms with Crippen molar-refractivity contribution >= 4 is 19.0 Å². The minimum atomic E-state index is -4.72. The molecule has 0 aliphatic rings. The normalized spacial score (nSPS) is 13.9. The van der Waals surface area contributed by atoms with E-state index in [1.165, 1.54) is 0 Å². The molecule has 1 unspecified atom stereocenters. The second kappa shape index (κ2) is 3.71. The molecule has 0 spiro atoms. The number of halogens is 2. The van der Waals surface area contributed by atoms with Crippen molar-refractivity contribution in [2.75, 3.05) is 0 Å². The Labute approximate surface area is 80.2 Å². The Bertz CT molecular complexity index is 483. The van der Waals surface area contributed by atoms with Crippen molar-refractivity contribution in [1.82, 2.24) is 0 Å². The van der Waals surface area contributed by atoms with Crippen LogP contribution in [0.1, 0.15) is 0 Å². The van der Waals surface area contributed by atoms with Gasteiger partial charge in [0.05, 0.1) is 0 Å². The summed E-state index contributed by atoms with van der Waals surface area (Å²) in [4.78, 5) is -1.13. The molecule has 4 nitrogen and oxygen atoms in total. The van der Waals surface area contributed by atoms with Crippen molar-refractivity contribution < 1.29 is 26.0 Å². The number of hydrogen-bond donors (Lipinski definition) is 1. The van der Waals surface area contributed by atoms with Gasteiger partial charge >= 0.3 is 0 Å². The molecule has 78 valence electrons. The van der Waals surface area contributed by atoms with Crippen molar-refractivity contribution in [2.45, 2.75) is 4.90 Å². The maximum Gasteiger partial charge on any atom is 0.285 e. The van der Waals surface area contributed by atoms with Gasteiger partial charge < -0.3 is 0 Å². The molecule has 0 saturated carbocycles. The van der Waals surface area contributed by atoms with Crippen molar-refractivity contribution in [3.63, 3.8) is 0 Å². The van der Waals surface area contributed by atoms with Crippen molar-refractivity contribution in [1.29, 1.82) is 0 Å². The summed E-state index contributed by atoms with van der Waals surface area (Å²) in [5.74, 6) is -3.05. The molecule has 0 aliphatic heterocycles.